The summed E-state index contributed by atoms with van der Waals surface area (Å²) in [5.74, 6) is 0.200. The lowest BCUT2D eigenvalue weighted by Gasteiger charge is -2.19. The molecule has 4 aromatic rings. The van der Waals surface area contributed by atoms with Crippen LogP contribution in [0.1, 0.15) is 35.3 Å². The van der Waals surface area contributed by atoms with Crippen LogP contribution >= 0.6 is 0 Å². The highest BCUT2D eigenvalue weighted by molar-refractivity contribution is 6.08. The first-order chi connectivity index (χ1) is 18.3. The molecule has 38 heavy (non-hydrogen) atoms. The van der Waals surface area contributed by atoms with E-state index in [9.17, 15) is 9.59 Å². The van der Waals surface area contributed by atoms with Gasteiger partial charge in [0.05, 0.1) is 23.4 Å². The van der Waals surface area contributed by atoms with Gasteiger partial charge in [-0.25, -0.2) is 9.97 Å². The zero-order valence-electron chi connectivity index (χ0n) is 22.6. The zero-order chi connectivity index (χ0) is 27.2. The van der Waals surface area contributed by atoms with Crippen LogP contribution in [0.2, 0.25) is 0 Å². The molecule has 8 heteroatoms. The first-order valence-corrected chi connectivity index (χ1v) is 12.8. The van der Waals surface area contributed by atoms with Gasteiger partial charge in [-0.1, -0.05) is 32.0 Å². The Morgan fingerprint density at radius 3 is 2.42 bits per heavy atom. The molecule has 3 aromatic carbocycles. The molecule has 0 radical (unpaired) electrons. The van der Waals surface area contributed by atoms with Gasteiger partial charge in [0.1, 0.15) is 0 Å². The summed E-state index contributed by atoms with van der Waals surface area (Å²) < 4.78 is 0. The molecular formula is C30H34N6O2. The summed E-state index contributed by atoms with van der Waals surface area (Å²) in [4.78, 5) is 36.8. The topological polar surface area (TPSA) is 99.3 Å². The summed E-state index contributed by atoms with van der Waals surface area (Å²) in [5.41, 5.74) is 6.46. The number of anilines is 3. The lowest BCUT2D eigenvalue weighted by atomic mass is 9.97. The molecule has 0 unspecified atom stereocenters. The van der Waals surface area contributed by atoms with E-state index in [-0.39, 0.29) is 11.8 Å². The number of fused-ring (bicyclic) bond motifs is 1. The molecule has 3 N–H and O–H groups in total. The number of likely N-dealkylation sites (N-methyl/N-ethyl adjacent to an activating group) is 1. The Bertz CT molecular complexity index is 1480. The molecule has 8 nitrogen and oxygen atoms in total. The van der Waals surface area contributed by atoms with Gasteiger partial charge in [0, 0.05) is 24.2 Å². The second-order valence-corrected chi connectivity index (χ2v) is 9.26. The fraction of sp³-hybridized carbons (Fsp3) is 0.267. The van der Waals surface area contributed by atoms with Gasteiger partial charge in [0.2, 0.25) is 11.9 Å². The highest BCUT2D eigenvalue weighted by Gasteiger charge is 2.15. The van der Waals surface area contributed by atoms with Crippen LogP contribution < -0.4 is 16.0 Å². The minimum Gasteiger partial charge on any atom is -0.357 e. The van der Waals surface area contributed by atoms with Gasteiger partial charge in [-0.2, -0.15) is 0 Å². The van der Waals surface area contributed by atoms with Crippen LogP contribution in [0.15, 0.2) is 60.8 Å². The van der Waals surface area contributed by atoms with E-state index in [1.165, 1.54) is 0 Å². The third kappa shape index (κ3) is 6.15. The van der Waals surface area contributed by atoms with Crippen molar-refractivity contribution in [2.45, 2.75) is 27.7 Å². The Morgan fingerprint density at radius 2 is 1.68 bits per heavy atom. The number of amides is 2. The number of benzene rings is 3. The van der Waals surface area contributed by atoms with Gasteiger partial charge in [-0.15, -0.1) is 0 Å². The lowest BCUT2D eigenvalue weighted by Crippen LogP contribution is -2.33. The Balaban J connectivity index is 1.59. The van der Waals surface area contributed by atoms with E-state index in [1.54, 1.807) is 13.2 Å². The predicted molar refractivity (Wildman–Crippen MR) is 155 cm³/mol. The first-order valence-electron chi connectivity index (χ1n) is 12.8. The van der Waals surface area contributed by atoms with E-state index in [2.05, 4.69) is 25.9 Å². The van der Waals surface area contributed by atoms with Gasteiger partial charge in [0.15, 0.2) is 0 Å². The van der Waals surface area contributed by atoms with Crippen molar-refractivity contribution in [2.75, 3.05) is 42.6 Å². The molecule has 4 rings (SSSR count). The Kier molecular flexibility index (Phi) is 8.33. The van der Waals surface area contributed by atoms with Gasteiger partial charge < -0.3 is 16.0 Å². The number of hydrogen-bond acceptors (Lipinski definition) is 6. The maximum Gasteiger partial charge on any atom is 0.255 e. The molecule has 196 valence electrons. The molecule has 2 amide bonds. The third-order valence-corrected chi connectivity index (χ3v) is 6.57. The summed E-state index contributed by atoms with van der Waals surface area (Å²) in [6, 6.07) is 17.2. The minimum absolute atomic E-state index is 0.118. The second-order valence-electron chi connectivity index (χ2n) is 9.26. The van der Waals surface area contributed by atoms with Gasteiger partial charge in [-0.05, 0) is 85.6 Å². The summed E-state index contributed by atoms with van der Waals surface area (Å²) in [5, 5.41) is 9.82. The number of carbonyl (C=O) groups is 2. The maximum atomic E-state index is 13.4. The standard InChI is InChI=1S/C30H34N6O2/c1-6-36(7-2)18-28(37)33-26-12-8-19(3)14-27(26)34-29(38)22-10-9-20(4)24(16-22)21-11-13-25-23(15-21)17-32-30(31-5)35-25/h8-17H,6-7,18H2,1-5H3,(H,33,37)(H,34,38)(H,31,32,35). The summed E-state index contributed by atoms with van der Waals surface area (Å²) in [6.07, 6.45) is 1.79. The number of rotatable bonds is 9. The average molecular weight is 511 g/mol. The van der Waals surface area contributed by atoms with Crippen LogP contribution in [-0.4, -0.2) is 53.4 Å². The monoisotopic (exact) mass is 510 g/mol. The Labute approximate surface area is 223 Å². The molecule has 0 fully saturated rings. The van der Waals surface area contributed by atoms with E-state index >= 15 is 0 Å². The summed E-state index contributed by atoms with van der Waals surface area (Å²) in [7, 11) is 1.79. The number of hydrogen-bond donors (Lipinski definition) is 3. The lowest BCUT2D eigenvalue weighted by molar-refractivity contribution is -0.117. The highest BCUT2D eigenvalue weighted by Crippen LogP contribution is 2.29. The van der Waals surface area contributed by atoms with E-state index in [1.807, 2.05) is 87.2 Å². The van der Waals surface area contributed by atoms with Crippen LogP contribution in [-0.2, 0) is 4.79 Å². The van der Waals surface area contributed by atoms with Crippen LogP contribution in [0, 0.1) is 13.8 Å². The molecule has 0 aliphatic heterocycles. The second kappa shape index (κ2) is 11.8. The van der Waals surface area contributed by atoms with Gasteiger partial charge in [0.25, 0.3) is 5.91 Å². The van der Waals surface area contributed by atoms with Crippen molar-refractivity contribution in [2.24, 2.45) is 0 Å². The van der Waals surface area contributed by atoms with Gasteiger partial charge >= 0.3 is 0 Å². The molecule has 0 aliphatic rings. The number of nitrogens with one attached hydrogen (secondary N) is 3. The van der Waals surface area contributed by atoms with Crippen molar-refractivity contribution >= 4 is 40.0 Å². The average Bonchev–Trinajstić information content (AvgIpc) is 2.92. The Morgan fingerprint density at radius 1 is 0.895 bits per heavy atom. The maximum absolute atomic E-state index is 13.4. The van der Waals surface area contributed by atoms with Crippen LogP contribution in [0.5, 0.6) is 0 Å². The van der Waals surface area contributed by atoms with Crippen molar-refractivity contribution in [3.8, 4) is 11.1 Å². The van der Waals surface area contributed by atoms with E-state index in [4.69, 9.17) is 0 Å². The van der Waals surface area contributed by atoms with Crippen LogP contribution in [0.4, 0.5) is 17.3 Å². The van der Waals surface area contributed by atoms with Crippen molar-refractivity contribution in [3.05, 3.63) is 77.5 Å². The van der Waals surface area contributed by atoms with Gasteiger partial charge in [-0.3, -0.25) is 14.5 Å². The van der Waals surface area contributed by atoms with Crippen LogP contribution in [0.3, 0.4) is 0 Å². The molecule has 0 aliphatic carbocycles. The predicted octanol–water partition coefficient (Wildman–Crippen LogP) is 5.49. The molecule has 0 saturated heterocycles. The zero-order valence-corrected chi connectivity index (χ0v) is 22.6. The Hall–Kier alpha value is -4.30. The molecule has 1 heterocycles. The highest BCUT2D eigenvalue weighted by atomic mass is 16.2. The van der Waals surface area contributed by atoms with E-state index < -0.39 is 0 Å². The largest absolute Gasteiger partial charge is 0.357 e. The van der Waals surface area contributed by atoms with Crippen molar-refractivity contribution in [1.29, 1.82) is 0 Å². The number of aromatic nitrogens is 2. The summed E-state index contributed by atoms with van der Waals surface area (Å²) >= 11 is 0. The number of carbonyl (C=O) groups excluding carboxylic acids is 2. The minimum atomic E-state index is -0.251. The quantitative estimate of drug-likeness (QED) is 0.275. The first kappa shape index (κ1) is 26.8. The molecular weight excluding hydrogens is 476 g/mol. The van der Waals surface area contributed by atoms with E-state index in [0.29, 0.717) is 29.4 Å². The van der Waals surface area contributed by atoms with Crippen molar-refractivity contribution in [1.82, 2.24) is 14.9 Å². The molecule has 0 spiro atoms. The smallest absolute Gasteiger partial charge is 0.255 e. The molecule has 0 saturated carbocycles. The molecule has 1 aromatic heterocycles. The molecule has 0 bridgehead atoms. The summed E-state index contributed by atoms with van der Waals surface area (Å²) in [6.45, 7) is 9.89. The fourth-order valence-corrected chi connectivity index (χ4v) is 4.30. The van der Waals surface area contributed by atoms with E-state index in [0.717, 1.165) is 46.2 Å². The fourth-order valence-electron chi connectivity index (χ4n) is 4.30. The molecule has 0 atom stereocenters. The number of nitrogens with zero attached hydrogens (tertiary/aromatic N) is 3. The SMILES string of the molecule is CCN(CC)CC(=O)Nc1ccc(C)cc1NC(=O)c1ccc(C)c(-c2ccc3nc(NC)ncc3c2)c1. The van der Waals surface area contributed by atoms with Crippen molar-refractivity contribution in [3.63, 3.8) is 0 Å². The third-order valence-electron chi connectivity index (χ3n) is 6.57. The van der Waals surface area contributed by atoms with Crippen LogP contribution in [0.25, 0.3) is 22.0 Å². The number of aryl methyl sites for hydroxylation is 2. The normalized spacial score (nSPS) is 11.0. The van der Waals surface area contributed by atoms with Crippen molar-refractivity contribution < 1.29 is 9.59 Å².